The summed E-state index contributed by atoms with van der Waals surface area (Å²) in [4.78, 5) is 11.3. The standard InChI is InChI=1S/C14H26O2/c1-12(2)9-11-16-13(15)8-6-7-10-14(3,4)5/h1,6-11H2,2-5H3. The van der Waals surface area contributed by atoms with E-state index in [2.05, 4.69) is 27.4 Å². The fourth-order valence-electron chi connectivity index (χ4n) is 1.34. The molecule has 16 heavy (non-hydrogen) atoms. The van der Waals surface area contributed by atoms with Gasteiger partial charge in [0.15, 0.2) is 0 Å². The van der Waals surface area contributed by atoms with Crippen molar-refractivity contribution in [2.24, 2.45) is 5.41 Å². The molecule has 2 nitrogen and oxygen atoms in total. The lowest BCUT2D eigenvalue weighted by Gasteiger charge is -2.17. The summed E-state index contributed by atoms with van der Waals surface area (Å²) < 4.78 is 5.09. The molecule has 0 aliphatic carbocycles. The van der Waals surface area contributed by atoms with Gasteiger partial charge in [-0.3, -0.25) is 4.79 Å². The van der Waals surface area contributed by atoms with Gasteiger partial charge < -0.3 is 4.74 Å². The zero-order chi connectivity index (χ0) is 12.6. The van der Waals surface area contributed by atoms with Crippen molar-refractivity contribution in [2.75, 3.05) is 6.61 Å². The van der Waals surface area contributed by atoms with Gasteiger partial charge in [0, 0.05) is 12.8 Å². The quantitative estimate of drug-likeness (QED) is 0.371. The van der Waals surface area contributed by atoms with Gasteiger partial charge in [-0.2, -0.15) is 0 Å². The van der Waals surface area contributed by atoms with Crippen molar-refractivity contribution in [1.82, 2.24) is 0 Å². The Kier molecular flexibility index (Phi) is 7.11. The zero-order valence-corrected chi connectivity index (χ0v) is 11.3. The Bertz CT molecular complexity index is 223. The molecule has 0 bridgehead atoms. The molecule has 2 heteroatoms. The molecule has 0 saturated carbocycles. The van der Waals surface area contributed by atoms with Gasteiger partial charge in [0.2, 0.25) is 0 Å². The smallest absolute Gasteiger partial charge is 0.305 e. The number of unbranched alkanes of at least 4 members (excludes halogenated alkanes) is 1. The Morgan fingerprint density at radius 2 is 1.81 bits per heavy atom. The fourth-order valence-corrected chi connectivity index (χ4v) is 1.34. The van der Waals surface area contributed by atoms with Crippen molar-refractivity contribution in [1.29, 1.82) is 0 Å². The molecular formula is C14H26O2. The topological polar surface area (TPSA) is 26.3 Å². The normalized spacial score (nSPS) is 11.2. The third-order valence-corrected chi connectivity index (χ3v) is 2.35. The van der Waals surface area contributed by atoms with Crippen LogP contribution in [-0.4, -0.2) is 12.6 Å². The van der Waals surface area contributed by atoms with E-state index in [1.54, 1.807) is 0 Å². The minimum absolute atomic E-state index is 0.0739. The van der Waals surface area contributed by atoms with E-state index in [9.17, 15) is 4.79 Å². The second-order valence-corrected chi connectivity index (χ2v) is 5.70. The summed E-state index contributed by atoms with van der Waals surface area (Å²) in [6.45, 7) is 12.8. The average Bonchev–Trinajstić information content (AvgIpc) is 2.10. The highest BCUT2D eigenvalue weighted by atomic mass is 16.5. The number of esters is 1. The van der Waals surface area contributed by atoms with Gasteiger partial charge in [0.1, 0.15) is 0 Å². The van der Waals surface area contributed by atoms with Gasteiger partial charge in [0.25, 0.3) is 0 Å². The van der Waals surface area contributed by atoms with Crippen LogP contribution in [0.15, 0.2) is 12.2 Å². The summed E-state index contributed by atoms with van der Waals surface area (Å²) in [5, 5.41) is 0. The number of ether oxygens (including phenoxy) is 1. The van der Waals surface area contributed by atoms with Gasteiger partial charge in [-0.05, 0) is 25.2 Å². The highest BCUT2D eigenvalue weighted by molar-refractivity contribution is 5.69. The van der Waals surface area contributed by atoms with Crippen LogP contribution in [0.3, 0.4) is 0 Å². The third-order valence-electron chi connectivity index (χ3n) is 2.35. The first-order valence-corrected chi connectivity index (χ1v) is 6.11. The van der Waals surface area contributed by atoms with Crippen LogP contribution in [0.2, 0.25) is 0 Å². The highest BCUT2D eigenvalue weighted by Gasteiger charge is 2.10. The molecule has 0 saturated heterocycles. The van der Waals surface area contributed by atoms with E-state index in [-0.39, 0.29) is 5.97 Å². The van der Waals surface area contributed by atoms with E-state index in [1.165, 1.54) is 0 Å². The first-order valence-electron chi connectivity index (χ1n) is 6.11. The van der Waals surface area contributed by atoms with E-state index in [0.717, 1.165) is 31.3 Å². The molecule has 0 N–H and O–H groups in total. The van der Waals surface area contributed by atoms with Crippen LogP contribution in [0, 0.1) is 5.41 Å². The van der Waals surface area contributed by atoms with Crippen molar-refractivity contribution in [3.8, 4) is 0 Å². The molecule has 0 rings (SSSR count). The molecule has 0 aromatic rings. The number of carbonyl (C=O) groups is 1. The van der Waals surface area contributed by atoms with Crippen molar-refractivity contribution in [3.05, 3.63) is 12.2 Å². The zero-order valence-electron chi connectivity index (χ0n) is 11.3. The maximum atomic E-state index is 11.3. The molecule has 0 aromatic carbocycles. The maximum Gasteiger partial charge on any atom is 0.305 e. The highest BCUT2D eigenvalue weighted by Crippen LogP contribution is 2.22. The molecule has 0 spiro atoms. The summed E-state index contributed by atoms with van der Waals surface area (Å²) in [6.07, 6.45) is 4.51. The maximum absolute atomic E-state index is 11.3. The minimum Gasteiger partial charge on any atom is -0.465 e. The molecule has 0 aliphatic heterocycles. The SMILES string of the molecule is C=C(C)CCOC(=O)CCCCC(C)(C)C. The molecule has 0 heterocycles. The lowest BCUT2D eigenvalue weighted by molar-refractivity contribution is -0.143. The Balaban J connectivity index is 3.41. The Morgan fingerprint density at radius 1 is 1.19 bits per heavy atom. The molecule has 0 amide bonds. The van der Waals surface area contributed by atoms with E-state index in [1.807, 2.05) is 6.92 Å². The summed E-state index contributed by atoms with van der Waals surface area (Å²) in [5.74, 6) is -0.0739. The molecule has 94 valence electrons. The number of hydrogen-bond donors (Lipinski definition) is 0. The second kappa shape index (κ2) is 7.48. The predicted molar refractivity (Wildman–Crippen MR) is 68.3 cm³/mol. The van der Waals surface area contributed by atoms with Crippen LogP contribution in [-0.2, 0) is 9.53 Å². The molecule has 0 radical (unpaired) electrons. The molecule has 0 aromatic heterocycles. The van der Waals surface area contributed by atoms with E-state index >= 15 is 0 Å². The van der Waals surface area contributed by atoms with Gasteiger partial charge in [-0.25, -0.2) is 0 Å². The first kappa shape index (κ1) is 15.2. The average molecular weight is 226 g/mol. The fraction of sp³-hybridized carbons (Fsp3) is 0.786. The third kappa shape index (κ3) is 11.3. The van der Waals surface area contributed by atoms with Gasteiger partial charge in [-0.15, -0.1) is 6.58 Å². The summed E-state index contributed by atoms with van der Waals surface area (Å²) in [6, 6.07) is 0. The lowest BCUT2D eigenvalue weighted by Crippen LogP contribution is -2.07. The van der Waals surface area contributed by atoms with Crippen LogP contribution >= 0.6 is 0 Å². The number of carbonyl (C=O) groups excluding carboxylic acids is 1. The Hall–Kier alpha value is -0.790. The van der Waals surface area contributed by atoms with Crippen molar-refractivity contribution in [3.63, 3.8) is 0 Å². The predicted octanol–water partition coefficient (Wildman–Crippen LogP) is 4.10. The van der Waals surface area contributed by atoms with Gasteiger partial charge in [-0.1, -0.05) is 32.8 Å². The van der Waals surface area contributed by atoms with Crippen LogP contribution < -0.4 is 0 Å². The van der Waals surface area contributed by atoms with Crippen molar-refractivity contribution >= 4 is 5.97 Å². The summed E-state index contributed by atoms with van der Waals surface area (Å²) in [5.41, 5.74) is 1.42. The van der Waals surface area contributed by atoms with Gasteiger partial charge in [0.05, 0.1) is 6.61 Å². The van der Waals surface area contributed by atoms with Crippen molar-refractivity contribution < 1.29 is 9.53 Å². The molecule has 0 atom stereocenters. The number of hydrogen-bond acceptors (Lipinski definition) is 2. The van der Waals surface area contributed by atoms with Crippen LogP contribution in [0.4, 0.5) is 0 Å². The Labute approximate surface area is 100 Å². The van der Waals surface area contributed by atoms with Crippen LogP contribution in [0.1, 0.15) is 59.8 Å². The van der Waals surface area contributed by atoms with Crippen molar-refractivity contribution in [2.45, 2.75) is 59.8 Å². The number of rotatable bonds is 7. The minimum atomic E-state index is -0.0739. The second-order valence-electron chi connectivity index (χ2n) is 5.70. The summed E-state index contributed by atoms with van der Waals surface area (Å²) >= 11 is 0. The van der Waals surface area contributed by atoms with E-state index in [4.69, 9.17) is 4.74 Å². The largest absolute Gasteiger partial charge is 0.465 e. The lowest BCUT2D eigenvalue weighted by atomic mass is 9.89. The first-order chi connectivity index (χ1) is 7.31. The molecular weight excluding hydrogens is 200 g/mol. The summed E-state index contributed by atoms with van der Waals surface area (Å²) in [7, 11) is 0. The van der Waals surface area contributed by atoms with E-state index in [0.29, 0.717) is 18.4 Å². The van der Waals surface area contributed by atoms with Crippen LogP contribution in [0.5, 0.6) is 0 Å². The van der Waals surface area contributed by atoms with Crippen LogP contribution in [0.25, 0.3) is 0 Å². The van der Waals surface area contributed by atoms with Gasteiger partial charge >= 0.3 is 5.97 Å². The molecule has 0 fully saturated rings. The molecule has 0 unspecified atom stereocenters. The monoisotopic (exact) mass is 226 g/mol. The van der Waals surface area contributed by atoms with E-state index < -0.39 is 0 Å². The molecule has 0 aliphatic rings. The Morgan fingerprint density at radius 3 is 2.31 bits per heavy atom.